The molecular weight excluding hydrogens is 314 g/mol. The van der Waals surface area contributed by atoms with Crippen molar-refractivity contribution in [3.63, 3.8) is 0 Å². The third-order valence-electron chi connectivity index (χ3n) is 3.29. The molecule has 0 radical (unpaired) electrons. The molecule has 0 bridgehead atoms. The number of ether oxygens (including phenoxy) is 3. The Hall–Kier alpha value is -2.74. The lowest BCUT2D eigenvalue weighted by molar-refractivity contribution is 0.0945. The van der Waals surface area contributed by atoms with Crippen molar-refractivity contribution in [2.45, 2.75) is 13.1 Å². The van der Waals surface area contributed by atoms with Crippen molar-refractivity contribution in [2.75, 3.05) is 28.4 Å². The first-order valence-electron chi connectivity index (χ1n) is 7.29. The lowest BCUT2D eigenvalue weighted by Crippen LogP contribution is -2.23. The summed E-state index contributed by atoms with van der Waals surface area (Å²) in [6.45, 7) is 0.740. The van der Waals surface area contributed by atoms with Crippen LogP contribution in [0.15, 0.2) is 22.8 Å². The highest BCUT2D eigenvalue weighted by atomic mass is 16.5. The Bertz CT molecular complexity index is 674. The largest absolute Gasteiger partial charge is 0.493 e. The van der Waals surface area contributed by atoms with Crippen LogP contribution in [0.4, 0.5) is 0 Å². The molecule has 1 aromatic heterocycles. The predicted octanol–water partition coefficient (Wildman–Crippen LogP) is 1.35. The Balaban J connectivity index is 2.09. The van der Waals surface area contributed by atoms with Gasteiger partial charge in [-0.05, 0) is 24.7 Å². The van der Waals surface area contributed by atoms with Crippen LogP contribution >= 0.6 is 0 Å². The minimum Gasteiger partial charge on any atom is -0.493 e. The molecular formula is C16H21N3O5. The van der Waals surface area contributed by atoms with E-state index in [0.717, 1.165) is 5.56 Å². The van der Waals surface area contributed by atoms with Crippen LogP contribution in [0.2, 0.25) is 0 Å². The molecule has 2 N–H and O–H groups in total. The Morgan fingerprint density at radius 1 is 1.12 bits per heavy atom. The van der Waals surface area contributed by atoms with Gasteiger partial charge in [0.1, 0.15) is 6.26 Å². The number of carbonyl (C=O) groups is 1. The van der Waals surface area contributed by atoms with Gasteiger partial charge in [0.15, 0.2) is 17.2 Å². The minimum absolute atomic E-state index is 0.229. The number of oxazole rings is 1. The third-order valence-corrected chi connectivity index (χ3v) is 3.29. The number of methoxy groups -OCH3 is 3. The van der Waals surface area contributed by atoms with Crippen molar-refractivity contribution in [1.29, 1.82) is 0 Å². The smallest absolute Gasteiger partial charge is 0.273 e. The first kappa shape index (κ1) is 17.6. The number of hydrogen-bond acceptors (Lipinski definition) is 7. The van der Waals surface area contributed by atoms with E-state index in [9.17, 15) is 4.79 Å². The molecule has 0 saturated heterocycles. The molecule has 0 spiro atoms. The van der Waals surface area contributed by atoms with Crippen LogP contribution in [-0.4, -0.2) is 39.3 Å². The lowest BCUT2D eigenvalue weighted by Gasteiger charge is -2.14. The summed E-state index contributed by atoms with van der Waals surface area (Å²) in [5.41, 5.74) is 1.03. The number of amides is 1. The summed E-state index contributed by atoms with van der Waals surface area (Å²) >= 11 is 0. The highest BCUT2D eigenvalue weighted by Gasteiger charge is 2.15. The molecule has 8 heteroatoms. The number of benzene rings is 1. The fourth-order valence-electron chi connectivity index (χ4n) is 2.16. The zero-order chi connectivity index (χ0) is 17.5. The number of rotatable bonds is 8. The second-order valence-electron chi connectivity index (χ2n) is 4.87. The van der Waals surface area contributed by atoms with Gasteiger partial charge in [-0.1, -0.05) is 0 Å². The van der Waals surface area contributed by atoms with Crippen LogP contribution in [0.3, 0.4) is 0 Å². The highest BCUT2D eigenvalue weighted by Crippen LogP contribution is 2.38. The van der Waals surface area contributed by atoms with Crippen molar-refractivity contribution < 1.29 is 23.4 Å². The van der Waals surface area contributed by atoms with E-state index in [1.54, 1.807) is 33.4 Å². The zero-order valence-electron chi connectivity index (χ0n) is 14.1. The van der Waals surface area contributed by atoms with Crippen LogP contribution in [0.25, 0.3) is 0 Å². The van der Waals surface area contributed by atoms with Crippen LogP contribution in [0.1, 0.15) is 21.9 Å². The zero-order valence-corrected chi connectivity index (χ0v) is 14.1. The molecule has 1 aromatic carbocycles. The first-order chi connectivity index (χ1) is 11.6. The Kier molecular flexibility index (Phi) is 6.02. The van der Waals surface area contributed by atoms with Crippen molar-refractivity contribution >= 4 is 5.91 Å². The molecule has 0 saturated carbocycles. The number of nitrogens with zero attached hydrogens (tertiary/aromatic N) is 1. The predicted molar refractivity (Wildman–Crippen MR) is 86.5 cm³/mol. The summed E-state index contributed by atoms with van der Waals surface area (Å²) < 4.78 is 21.0. The van der Waals surface area contributed by atoms with Gasteiger partial charge in [0.05, 0.1) is 27.9 Å². The molecule has 130 valence electrons. The molecule has 0 fully saturated rings. The summed E-state index contributed by atoms with van der Waals surface area (Å²) in [4.78, 5) is 16.2. The lowest BCUT2D eigenvalue weighted by atomic mass is 10.1. The minimum atomic E-state index is -0.324. The average molecular weight is 335 g/mol. The van der Waals surface area contributed by atoms with Gasteiger partial charge >= 0.3 is 0 Å². The maximum absolute atomic E-state index is 12.1. The SMILES string of the molecule is CNCc1nc(C(=O)NCc2cc(OC)c(OC)c(OC)c2)co1. The normalized spacial score (nSPS) is 10.3. The van der Waals surface area contributed by atoms with Gasteiger partial charge in [0, 0.05) is 6.54 Å². The second-order valence-corrected chi connectivity index (χ2v) is 4.87. The molecule has 2 rings (SSSR count). The van der Waals surface area contributed by atoms with Crippen molar-refractivity contribution in [3.05, 3.63) is 35.5 Å². The number of aromatic nitrogens is 1. The van der Waals surface area contributed by atoms with Gasteiger partial charge in [-0.15, -0.1) is 0 Å². The van der Waals surface area contributed by atoms with Gasteiger partial charge < -0.3 is 29.3 Å². The summed E-state index contributed by atoms with van der Waals surface area (Å²) in [7, 11) is 6.39. The molecule has 0 aliphatic heterocycles. The molecule has 24 heavy (non-hydrogen) atoms. The second kappa shape index (κ2) is 8.21. The van der Waals surface area contributed by atoms with E-state index < -0.39 is 0 Å². The first-order valence-corrected chi connectivity index (χ1v) is 7.29. The molecule has 0 atom stereocenters. The maximum atomic E-state index is 12.1. The monoisotopic (exact) mass is 335 g/mol. The molecule has 1 amide bonds. The summed E-state index contributed by atoms with van der Waals surface area (Å²) in [5.74, 6) is 1.69. The van der Waals surface area contributed by atoms with Crippen molar-refractivity contribution in [3.8, 4) is 17.2 Å². The standard InChI is InChI=1S/C16H21N3O5/c1-17-8-14-19-11(9-24-14)16(20)18-7-10-5-12(21-2)15(23-4)13(6-10)22-3/h5-6,9,17H,7-8H2,1-4H3,(H,18,20). The highest BCUT2D eigenvalue weighted by molar-refractivity contribution is 5.91. The molecule has 8 nitrogen and oxygen atoms in total. The van der Waals surface area contributed by atoms with Gasteiger partial charge in [-0.3, -0.25) is 4.79 Å². The molecule has 0 unspecified atom stereocenters. The Morgan fingerprint density at radius 2 is 1.79 bits per heavy atom. The number of carbonyl (C=O) groups excluding carboxylic acids is 1. The fourth-order valence-corrected chi connectivity index (χ4v) is 2.16. The van der Waals surface area contributed by atoms with E-state index in [-0.39, 0.29) is 18.1 Å². The van der Waals surface area contributed by atoms with Gasteiger partial charge in [0.2, 0.25) is 11.6 Å². The summed E-state index contributed by atoms with van der Waals surface area (Å²) in [6.07, 6.45) is 1.33. The van der Waals surface area contributed by atoms with E-state index in [0.29, 0.717) is 29.7 Å². The van der Waals surface area contributed by atoms with E-state index in [1.807, 2.05) is 0 Å². The fraction of sp³-hybridized carbons (Fsp3) is 0.375. The van der Waals surface area contributed by atoms with Gasteiger partial charge in [-0.25, -0.2) is 4.98 Å². The Labute approximate surface area is 140 Å². The van der Waals surface area contributed by atoms with E-state index >= 15 is 0 Å². The summed E-state index contributed by atoms with van der Waals surface area (Å²) in [6, 6.07) is 3.55. The maximum Gasteiger partial charge on any atom is 0.273 e. The Morgan fingerprint density at radius 3 is 2.33 bits per heavy atom. The van der Waals surface area contributed by atoms with Gasteiger partial charge in [-0.2, -0.15) is 0 Å². The van der Waals surface area contributed by atoms with Crippen LogP contribution in [0.5, 0.6) is 17.2 Å². The van der Waals surface area contributed by atoms with Crippen molar-refractivity contribution in [2.24, 2.45) is 0 Å². The molecule has 0 aliphatic rings. The molecule has 0 aliphatic carbocycles. The van der Waals surface area contributed by atoms with Crippen LogP contribution < -0.4 is 24.8 Å². The number of nitrogens with one attached hydrogen (secondary N) is 2. The van der Waals surface area contributed by atoms with E-state index in [1.165, 1.54) is 13.4 Å². The third kappa shape index (κ3) is 3.96. The average Bonchev–Trinajstić information content (AvgIpc) is 3.07. The van der Waals surface area contributed by atoms with E-state index in [4.69, 9.17) is 18.6 Å². The van der Waals surface area contributed by atoms with Crippen molar-refractivity contribution in [1.82, 2.24) is 15.6 Å². The summed E-state index contributed by atoms with van der Waals surface area (Å²) in [5, 5.41) is 5.68. The van der Waals surface area contributed by atoms with Gasteiger partial charge in [0.25, 0.3) is 5.91 Å². The molecule has 2 aromatic rings. The number of hydrogen-bond donors (Lipinski definition) is 2. The quantitative estimate of drug-likeness (QED) is 0.752. The van der Waals surface area contributed by atoms with Crippen LogP contribution in [-0.2, 0) is 13.1 Å². The van der Waals surface area contributed by atoms with Crippen LogP contribution in [0, 0.1) is 0 Å². The molecule has 1 heterocycles. The van der Waals surface area contributed by atoms with E-state index in [2.05, 4.69) is 15.6 Å². The topological polar surface area (TPSA) is 94.9 Å².